The largest absolute Gasteiger partial charge is 0.396 e. The molecule has 1 fully saturated rings. The van der Waals surface area contributed by atoms with Crippen LogP contribution >= 0.6 is 0 Å². The molecule has 2 aliphatic rings. The highest BCUT2D eigenvalue weighted by Gasteiger charge is 2.65. The van der Waals surface area contributed by atoms with Crippen LogP contribution in [0, 0.1) is 16.0 Å². The first-order valence-electron chi connectivity index (χ1n) is 8.21. The number of anilines is 1. The minimum Gasteiger partial charge on any atom is -0.396 e. The van der Waals surface area contributed by atoms with E-state index in [1.54, 1.807) is 20.0 Å². The fraction of sp³-hybridized carbons (Fsp3) is 0.562. The summed E-state index contributed by atoms with van der Waals surface area (Å²) in [7, 11) is -3.22. The second-order valence-corrected chi connectivity index (χ2v) is 11.0. The van der Waals surface area contributed by atoms with E-state index in [9.17, 15) is 20.0 Å². The summed E-state index contributed by atoms with van der Waals surface area (Å²) in [5.74, 6) is -0.932. The number of nitro benzene ring substituents is 1. The second kappa shape index (κ2) is 5.86. The number of nitrogens with one attached hydrogen (secondary N) is 1. The van der Waals surface area contributed by atoms with Crippen LogP contribution in [0.2, 0.25) is 18.6 Å². The minimum atomic E-state index is -3.22. The van der Waals surface area contributed by atoms with Gasteiger partial charge in [-0.15, -0.1) is 0 Å². The topological polar surface area (TPSA) is 102 Å². The first-order chi connectivity index (χ1) is 11.6. The Balaban J connectivity index is 2.15. The lowest BCUT2D eigenvalue weighted by atomic mass is 9.82. The summed E-state index contributed by atoms with van der Waals surface area (Å²) in [6.07, 6.45) is -0.392. The van der Waals surface area contributed by atoms with Gasteiger partial charge in [0.15, 0.2) is 5.60 Å². The molecule has 1 aromatic rings. The predicted octanol–water partition coefficient (Wildman–Crippen LogP) is 2.70. The Hall–Kier alpha value is -1.84. The Morgan fingerprint density at radius 2 is 2.16 bits per heavy atom. The Bertz CT molecular complexity index is 738. The maximum Gasteiger partial charge on any atom is 0.269 e. The van der Waals surface area contributed by atoms with Crippen molar-refractivity contribution in [1.82, 2.24) is 0 Å². The van der Waals surface area contributed by atoms with Crippen molar-refractivity contribution in [1.29, 1.82) is 0 Å². The lowest BCUT2D eigenvalue weighted by Crippen LogP contribution is -2.41. The standard InChI is InChI=1S/C16H21FN2O5Si/c1-9-14(25(2,3)17)13(6-7-20)24-16(9)11-8-10(19(22)23)4-5-12(11)18-15(16)21/h4-5,8-9,13-14,20H,6-7H2,1-3H3,(H,18,21)/t9-,13+,14-,16+/m1/s1. The number of amides is 1. The highest BCUT2D eigenvalue weighted by molar-refractivity contribution is 6.72. The molecule has 136 valence electrons. The number of aliphatic hydroxyl groups is 1. The zero-order chi connectivity index (χ0) is 18.6. The van der Waals surface area contributed by atoms with Crippen molar-refractivity contribution in [3.8, 4) is 0 Å². The summed E-state index contributed by atoms with van der Waals surface area (Å²) in [5.41, 5.74) is -1.28. The van der Waals surface area contributed by atoms with E-state index in [2.05, 4.69) is 5.32 Å². The average Bonchev–Trinajstić information content (AvgIpc) is 2.95. The van der Waals surface area contributed by atoms with Crippen molar-refractivity contribution in [3.63, 3.8) is 0 Å². The molecule has 1 amide bonds. The van der Waals surface area contributed by atoms with Gasteiger partial charge in [0.2, 0.25) is 8.41 Å². The van der Waals surface area contributed by atoms with Gasteiger partial charge in [0.1, 0.15) is 0 Å². The highest BCUT2D eigenvalue weighted by atomic mass is 28.4. The van der Waals surface area contributed by atoms with Gasteiger partial charge in [-0.05, 0) is 25.6 Å². The van der Waals surface area contributed by atoms with Gasteiger partial charge >= 0.3 is 0 Å². The number of halogens is 1. The maximum atomic E-state index is 15.0. The van der Waals surface area contributed by atoms with Crippen LogP contribution in [0.15, 0.2) is 18.2 Å². The molecule has 0 unspecified atom stereocenters. The molecule has 1 spiro atoms. The monoisotopic (exact) mass is 368 g/mol. The van der Waals surface area contributed by atoms with Gasteiger partial charge < -0.3 is 19.3 Å². The normalized spacial score (nSPS) is 31.2. The van der Waals surface area contributed by atoms with E-state index in [0.717, 1.165) is 0 Å². The fourth-order valence-electron chi connectivity index (χ4n) is 4.37. The van der Waals surface area contributed by atoms with Crippen molar-refractivity contribution in [3.05, 3.63) is 33.9 Å². The van der Waals surface area contributed by atoms with Gasteiger partial charge in [0, 0.05) is 41.4 Å². The molecule has 1 aromatic carbocycles. The van der Waals surface area contributed by atoms with Crippen molar-refractivity contribution in [2.24, 2.45) is 5.92 Å². The fourth-order valence-corrected chi connectivity index (χ4v) is 6.91. The molecule has 2 aliphatic heterocycles. The van der Waals surface area contributed by atoms with Gasteiger partial charge in [0.05, 0.1) is 11.0 Å². The van der Waals surface area contributed by atoms with Crippen LogP contribution < -0.4 is 5.32 Å². The van der Waals surface area contributed by atoms with Crippen molar-refractivity contribution in [2.75, 3.05) is 11.9 Å². The van der Waals surface area contributed by atoms with Gasteiger partial charge in [-0.25, -0.2) is 0 Å². The molecule has 1 saturated heterocycles. The van der Waals surface area contributed by atoms with Crippen LogP contribution in [0.3, 0.4) is 0 Å². The SMILES string of the molecule is C[C@@H]1[C@@H]([Si](C)(C)F)[C@H](CCO)O[C@@]12C(=O)Nc1ccc([N+](=O)[O-])cc12. The number of carbonyl (C=O) groups excluding carboxylic acids is 1. The number of hydrogen-bond donors (Lipinski definition) is 2. The lowest BCUT2D eigenvalue weighted by Gasteiger charge is -2.30. The van der Waals surface area contributed by atoms with Crippen molar-refractivity contribution in [2.45, 2.75) is 43.7 Å². The number of carbonyl (C=O) groups is 1. The number of fused-ring (bicyclic) bond motifs is 2. The highest BCUT2D eigenvalue weighted by Crippen LogP contribution is 2.59. The number of nitro groups is 1. The zero-order valence-electron chi connectivity index (χ0n) is 14.3. The second-order valence-electron chi connectivity index (χ2n) is 7.22. The third-order valence-electron chi connectivity index (χ3n) is 5.32. The summed E-state index contributed by atoms with van der Waals surface area (Å²) in [4.78, 5) is 23.4. The third kappa shape index (κ3) is 2.57. The Labute approximate surface area is 145 Å². The minimum absolute atomic E-state index is 0.149. The quantitative estimate of drug-likeness (QED) is 0.368. The van der Waals surface area contributed by atoms with E-state index in [-0.39, 0.29) is 18.7 Å². The van der Waals surface area contributed by atoms with Gasteiger partial charge in [-0.1, -0.05) is 6.92 Å². The Morgan fingerprint density at radius 1 is 1.48 bits per heavy atom. The molecular weight excluding hydrogens is 347 g/mol. The molecule has 0 saturated carbocycles. The number of hydrogen-bond acceptors (Lipinski definition) is 5. The maximum absolute atomic E-state index is 15.0. The molecular formula is C16H21FN2O5Si. The summed E-state index contributed by atoms with van der Waals surface area (Å²) < 4.78 is 21.1. The van der Waals surface area contributed by atoms with Crippen LogP contribution in [-0.4, -0.2) is 37.1 Å². The molecule has 0 radical (unpaired) electrons. The van der Waals surface area contributed by atoms with Crippen molar-refractivity contribution < 1.29 is 23.7 Å². The van der Waals surface area contributed by atoms with E-state index < -0.39 is 42.4 Å². The molecule has 0 aliphatic carbocycles. The zero-order valence-corrected chi connectivity index (χ0v) is 15.3. The molecule has 0 bridgehead atoms. The molecule has 2 heterocycles. The molecule has 2 N–H and O–H groups in total. The van der Waals surface area contributed by atoms with Crippen LogP contribution in [0.25, 0.3) is 0 Å². The van der Waals surface area contributed by atoms with Crippen LogP contribution in [-0.2, 0) is 15.1 Å². The van der Waals surface area contributed by atoms with Crippen LogP contribution in [0.5, 0.6) is 0 Å². The van der Waals surface area contributed by atoms with Gasteiger partial charge in [-0.2, -0.15) is 0 Å². The summed E-state index contributed by atoms with van der Waals surface area (Å²) in [6.45, 7) is 4.69. The number of aliphatic hydroxyl groups excluding tert-OH is 1. The average molecular weight is 368 g/mol. The third-order valence-corrected chi connectivity index (χ3v) is 7.78. The molecule has 7 nitrogen and oxygen atoms in total. The predicted molar refractivity (Wildman–Crippen MR) is 91.5 cm³/mol. The van der Waals surface area contributed by atoms with E-state index in [1.807, 2.05) is 0 Å². The van der Waals surface area contributed by atoms with Crippen LogP contribution in [0.1, 0.15) is 18.9 Å². The lowest BCUT2D eigenvalue weighted by molar-refractivity contribution is -0.385. The molecule has 4 atom stereocenters. The van der Waals surface area contributed by atoms with E-state index in [1.165, 1.54) is 18.2 Å². The Kier molecular flexibility index (Phi) is 4.21. The van der Waals surface area contributed by atoms with Gasteiger partial charge in [0.25, 0.3) is 11.6 Å². The molecule has 25 heavy (non-hydrogen) atoms. The molecule has 3 rings (SSSR count). The number of non-ortho nitro benzene ring substituents is 1. The summed E-state index contributed by atoms with van der Waals surface area (Å²) >= 11 is 0. The smallest absolute Gasteiger partial charge is 0.269 e. The number of ether oxygens (including phenoxy) is 1. The summed E-state index contributed by atoms with van der Waals surface area (Å²) in [6, 6.07) is 4.12. The first kappa shape index (κ1) is 18.0. The van der Waals surface area contributed by atoms with E-state index in [4.69, 9.17) is 4.74 Å². The molecule has 0 aromatic heterocycles. The van der Waals surface area contributed by atoms with E-state index in [0.29, 0.717) is 11.3 Å². The van der Waals surface area contributed by atoms with Gasteiger partial charge in [-0.3, -0.25) is 14.9 Å². The molecule has 9 heteroatoms. The Morgan fingerprint density at radius 3 is 2.72 bits per heavy atom. The van der Waals surface area contributed by atoms with E-state index >= 15 is 4.11 Å². The van der Waals surface area contributed by atoms with Crippen molar-refractivity contribution >= 4 is 25.7 Å². The number of benzene rings is 1. The number of nitrogens with zero attached hydrogens (tertiary/aromatic N) is 1. The summed E-state index contributed by atoms with van der Waals surface area (Å²) in [5, 5.41) is 23.2. The first-order valence-corrected chi connectivity index (χ1v) is 11.2. The number of rotatable bonds is 4. The van der Waals surface area contributed by atoms with Crippen LogP contribution in [0.4, 0.5) is 15.5 Å².